The van der Waals surface area contributed by atoms with Crippen LogP contribution in [-0.4, -0.2) is 51.0 Å². The number of aromatic nitrogens is 6. The number of benzene rings is 6. The largest absolute Gasteiger partial charge is 0.501 e. The molecular formula is C69H63F9IrN12-6. The molecule has 3 aliphatic heterocycles. The topological polar surface area (TPSA) is 96.8 Å². The standard InChI is InChI=1S/3C23H21F3N4.Ir/c3*1-22(2,3)16-11-8-12-17(13-16)30-14-29(4)19-18(15-9-6-5-7-10-15)27-21(23(24,25)26)28-20(19)30;/h3*5-11,13-14H,1-4H3;/q3*-2;. The second kappa shape index (κ2) is 25.2. The van der Waals surface area contributed by atoms with Crippen LogP contribution in [0.3, 0.4) is 0 Å². The van der Waals surface area contributed by atoms with E-state index in [0.717, 1.165) is 16.7 Å². The van der Waals surface area contributed by atoms with Crippen LogP contribution in [0.2, 0.25) is 0 Å². The first kappa shape index (κ1) is 66.8. The van der Waals surface area contributed by atoms with Gasteiger partial charge in [-0.15, -0.1) is 35.3 Å². The summed E-state index contributed by atoms with van der Waals surface area (Å²) >= 11 is 0. The van der Waals surface area contributed by atoms with E-state index in [0.29, 0.717) is 50.8 Å². The Morgan fingerprint density at radius 2 is 0.571 bits per heavy atom. The van der Waals surface area contributed by atoms with Crippen LogP contribution < -0.4 is 29.4 Å². The Hall–Kier alpha value is -8.62. The summed E-state index contributed by atoms with van der Waals surface area (Å²) in [6.07, 6.45) is -14.0. The van der Waals surface area contributed by atoms with Crippen molar-refractivity contribution in [1.82, 2.24) is 29.9 Å². The van der Waals surface area contributed by atoms with Gasteiger partial charge in [0.25, 0.3) is 0 Å². The van der Waals surface area contributed by atoms with Crippen molar-refractivity contribution in [2.24, 2.45) is 0 Å². The predicted molar refractivity (Wildman–Crippen MR) is 334 cm³/mol. The van der Waals surface area contributed by atoms with Crippen LogP contribution in [0, 0.1) is 38.2 Å². The number of hydrogen-bond donors (Lipinski definition) is 0. The molecule has 0 saturated carbocycles. The van der Waals surface area contributed by atoms with Crippen LogP contribution in [0.1, 0.15) is 96.5 Å². The van der Waals surface area contributed by atoms with Gasteiger partial charge in [0.15, 0.2) is 0 Å². The Balaban J connectivity index is 0.000000161. The summed E-state index contributed by atoms with van der Waals surface area (Å²) in [5, 5.41) is 0. The molecule has 0 bridgehead atoms. The minimum atomic E-state index is -4.66. The maximum atomic E-state index is 13.6. The second-order valence-electron chi connectivity index (χ2n) is 24.7. The Kier molecular flexibility index (Phi) is 18.5. The van der Waals surface area contributed by atoms with Crippen LogP contribution in [0.25, 0.3) is 33.8 Å². The molecule has 3 aromatic heterocycles. The normalized spacial score (nSPS) is 14.1. The van der Waals surface area contributed by atoms with Crippen molar-refractivity contribution in [3.05, 3.63) is 218 Å². The summed E-state index contributed by atoms with van der Waals surface area (Å²) in [6.45, 7) is 23.9. The molecule has 12 rings (SSSR count). The van der Waals surface area contributed by atoms with E-state index < -0.39 is 36.0 Å². The monoisotopic (exact) mass is 1420 g/mol. The van der Waals surface area contributed by atoms with Crippen molar-refractivity contribution in [2.75, 3.05) is 50.5 Å². The van der Waals surface area contributed by atoms with Gasteiger partial charge >= 0.3 is 18.5 Å². The fourth-order valence-electron chi connectivity index (χ4n) is 10.1. The molecule has 9 aromatic rings. The van der Waals surface area contributed by atoms with Gasteiger partial charge in [0, 0.05) is 36.8 Å². The van der Waals surface area contributed by atoms with E-state index in [-0.39, 0.29) is 70.9 Å². The first-order valence-corrected chi connectivity index (χ1v) is 28.5. The molecule has 0 atom stereocenters. The van der Waals surface area contributed by atoms with Gasteiger partial charge in [-0.1, -0.05) is 153 Å². The number of nitrogens with zero attached hydrogens (tertiary/aromatic N) is 12. The van der Waals surface area contributed by atoms with Crippen LogP contribution in [-0.2, 0) is 54.9 Å². The SMILES string of the molecule is CN1[CH-]N(c2[c-]ccc(C(C)(C)C)c2)c2nc(C(F)(F)F)nc(-c3ccccc3)c21.CN1[CH-]N(c2[c-]ccc(C(C)(C)C)c2)c2nc(C(F)(F)F)nc(-c3ccccc3)c21.CN1[CH-]N(c2[c-]ccc(C(C)(C)C)c2)c2nc(C(F)(F)F)nc(-c3ccccc3)c21.[Ir]. The van der Waals surface area contributed by atoms with Crippen molar-refractivity contribution in [2.45, 2.75) is 97.1 Å². The number of rotatable bonds is 6. The van der Waals surface area contributed by atoms with Gasteiger partial charge in [0.05, 0.1) is 34.1 Å². The zero-order valence-electron chi connectivity index (χ0n) is 51.7. The zero-order chi connectivity index (χ0) is 65.0. The van der Waals surface area contributed by atoms with Crippen molar-refractivity contribution >= 4 is 51.6 Å². The molecule has 0 unspecified atom stereocenters. The van der Waals surface area contributed by atoms with E-state index in [4.69, 9.17) is 0 Å². The first-order chi connectivity index (χ1) is 42.2. The maximum absolute atomic E-state index is 13.6. The molecular weight excluding hydrogens is 1360 g/mol. The van der Waals surface area contributed by atoms with Gasteiger partial charge in [-0.2, -0.15) is 131 Å². The van der Waals surface area contributed by atoms with Gasteiger partial charge in [0.2, 0.25) is 17.5 Å². The van der Waals surface area contributed by atoms with E-state index in [1.54, 1.807) is 162 Å². The summed E-state index contributed by atoms with van der Waals surface area (Å²) in [7, 11) is 5.32. The van der Waals surface area contributed by atoms with Gasteiger partial charge in [-0.05, 0) is 37.4 Å². The fourth-order valence-corrected chi connectivity index (χ4v) is 10.1. The average molecular weight is 1420 g/mol. The van der Waals surface area contributed by atoms with Crippen molar-refractivity contribution in [3.63, 3.8) is 0 Å². The van der Waals surface area contributed by atoms with E-state index >= 15 is 0 Å². The summed E-state index contributed by atoms with van der Waals surface area (Å²) in [5.74, 6) is -2.95. The summed E-state index contributed by atoms with van der Waals surface area (Å²) in [5.41, 5.74) is 8.72. The molecule has 0 fully saturated rings. The van der Waals surface area contributed by atoms with Gasteiger partial charge in [-0.3, -0.25) is 0 Å². The minimum Gasteiger partial charge on any atom is -0.501 e. The van der Waals surface area contributed by atoms with Crippen molar-refractivity contribution in [3.8, 4) is 33.8 Å². The Morgan fingerprint density at radius 1 is 0.341 bits per heavy atom. The quantitative estimate of drug-likeness (QED) is 0.117. The third-order valence-corrected chi connectivity index (χ3v) is 14.8. The Bertz CT molecular complexity index is 3640. The molecule has 91 heavy (non-hydrogen) atoms. The number of halogens is 9. The van der Waals surface area contributed by atoms with Crippen LogP contribution in [0.5, 0.6) is 0 Å². The van der Waals surface area contributed by atoms with Gasteiger partial charge in [0.1, 0.15) is 17.5 Å². The summed E-state index contributed by atoms with van der Waals surface area (Å²) in [6, 6.07) is 52.9. The molecule has 477 valence electrons. The first-order valence-electron chi connectivity index (χ1n) is 28.5. The maximum Gasteiger partial charge on any atom is 0.451 e. The number of anilines is 9. The summed E-state index contributed by atoms with van der Waals surface area (Å²) in [4.78, 5) is 33.5. The van der Waals surface area contributed by atoms with E-state index in [9.17, 15) is 39.5 Å². The molecule has 0 spiro atoms. The molecule has 12 nitrogen and oxygen atoms in total. The van der Waals surface area contributed by atoms with Crippen molar-refractivity contribution in [1.29, 1.82) is 0 Å². The zero-order valence-corrected chi connectivity index (χ0v) is 54.1. The van der Waals surface area contributed by atoms with Crippen LogP contribution in [0.15, 0.2) is 146 Å². The molecule has 3 aliphatic rings. The minimum absolute atomic E-state index is 0. The molecule has 0 saturated heterocycles. The molecule has 0 amide bonds. The van der Waals surface area contributed by atoms with Crippen LogP contribution in [0.4, 0.5) is 91.1 Å². The Morgan fingerprint density at radius 3 is 0.780 bits per heavy atom. The number of hydrogen-bond acceptors (Lipinski definition) is 12. The van der Waals surface area contributed by atoms with E-state index in [1.807, 2.05) is 54.6 Å². The second-order valence-corrected chi connectivity index (χ2v) is 24.7. The predicted octanol–water partition coefficient (Wildman–Crippen LogP) is 17.9. The Labute approximate surface area is 537 Å². The fraction of sp³-hybridized carbons (Fsp3) is 0.261. The van der Waals surface area contributed by atoms with E-state index in [2.05, 4.69) is 110 Å². The molecule has 6 aromatic carbocycles. The molecule has 0 N–H and O–H groups in total. The average Bonchev–Trinajstić information content (AvgIpc) is 1.66. The van der Waals surface area contributed by atoms with Crippen molar-refractivity contribution < 1.29 is 59.6 Å². The third kappa shape index (κ3) is 14.3. The third-order valence-electron chi connectivity index (χ3n) is 14.8. The number of fused-ring (bicyclic) bond motifs is 3. The molecule has 1 radical (unpaired) electrons. The molecule has 22 heteroatoms. The summed E-state index contributed by atoms with van der Waals surface area (Å²) < 4.78 is 123. The molecule has 0 aliphatic carbocycles. The number of alkyl halides is 9. The van der Waals surface area contributed by atoms with E-state index in [1.165, 1.54) is 0 Å². The van der Waals surface area contributed by atoms with Gasteiger partial charge < -0.3 is 29.4 Å². The smallest absolute Gasteiger partial charge is 0.451 e. The molecule has 6 heterocycles. The van der Waals surface area contributed by atoms with Gasteiger partial charge in [-0.25, -0.2) is 29.9 Å². The van der Waals surface area contributed by atoms with Crippen LogP contribution >= 0.6 is 0 Å².